The molecule has 0 aliphatic heterocycles. The Bertz CT molecular complexity index is 2830. The van der Waals surface area contributed by atoms with E-state index in [4.69, 9.17) is 19.4 Å². The first-order valence-corrected chi connectivity index (χ1v) is 16.0. The fourth-order valence-electron chi connectivity index (χ4n) is 7.02. The van der Waals surface area contributed by atoms with Gasteiger partial charge in [-0.25, -0.2) is 9.97 Å². The van der Waals surface area contributed by atoms with E-state index in [1.54, 1.807) is 0 Å². The van der Waals surface area contributed by atoms with Crippen molar-refractivity contribution in [1.29, 1.82) is 0 Å². The zero-order valence-corrected chi connectivity index (χ0v) is 25.7. The lowest BCUT2D eigenvalue weighted by Crippen LogP contribution is -1.97. The van der Waals surface area contributed by atoms with Crippen LogP contribution in [-0.2, 0) is 0 Å². The molecule has 6 aromatic carbocycles. The van der Waals surface area contributed by atoms with Crippen LogP contribution in [0.25, 0.3) is 94.2 Å². The third-order valence-electron chi connectivity index (χ3n) is 9.25. The lowest BCUT2D eigenvalue weighted by molar-refractivity contribution is 0.673. The molecule has 0 aliphatic carbocycles. The Kier molecular flexibility index (Phi) is 5.81. The van der Waals surface area contributed by atoms with Crippen LogP contribution in [0.5, 0.6) is 0 Å². The molecule has 0 aliphatic rings. The summed E-state index contributed by atoms with van der Waals surface area (Å²) in [6.07, 6.45) is 1.82. The van der Waals surface area contributed by atoms with E-state index in [0.717, 1.165) is 94.2 Å². The van der Waals surface area contributed by atoms with Crippen molar-refractivity contribution < 1.29 is 4.42 Å². The minimum atomic E-state index is 0.837. The van der Waals surface area contributed by atoms with Crippen molar-refractivity contribution in [2.24, 2.45) is 0 Å². The number of benzene rings is 6. The topological polar surface area (TPSA) is 56.7 Å². The first kappa shape index (κ1) is 26.6. The number of hydrogen-bond donors (Lipinski definition) is 0. The van der Waals surface area contributed by atoms with Gasteiger partial charge in [-0.1, -0.05) is 97.1 Å². The molecular formula is C43H26N4O. The van der Waals surface area contributed by atoms with Crippen LogP contribution in [0.15, 0.2) is 162 Å². The van der Waals surface area contributed by atoms with Crippen molar-refractivity contribution in [1.82, 2.24) is 19.5 Å². The average molecular weight is 615 g/mol. The predicted octanol–water partition coefficient (Wildman–Crippen LogP) is 11.0. The number of pyridine rings is 2. The van der Waals surface area contributed by atoms with Crippen LogP contribution in [0.2, 0.25) is 0 Å². The van der Waals surface area contributed by atoms with Gasteiger partial charge in [0, 0.05) is 39.2 Å². The minimum Gasteiger partial charge on any atom is -0.455 e. The second kappa shape index (κ2) is 10.5. The number of nitrogens with zero attached hydrogens (tertiary/aromatic N) is 4. The largest absolute Gasteiger partial charge is 0.455 e. The normalized spacial score (nSPS) is 11.8. The Hall–Kier alpha value is -6.59. The molecular weight excluding hydrogens is 589 g/mol. The van der Waals surface area contributed by atoms with E-state index in [-0.39, 0.29) is 0 Å². The van der Waals surface area contributed by atoms with E-state index in [1.807, 2.05) is 48.7 Å². The van der Waals surface area contributed by atoms with Crippen LogP contribution < -0.4 is 0 Å². The van der Waals surface area contributed by atoms with Crippen LogP contribution in [0, 0.1) is 0 Å². The van der Waals surface area contributed by atoms with Gasteiger partial charge in [-0.05, 0) is 65.7 Å². The van der Waals surface area contributed by atoms with E-state index < -0.39 is 0 Å². The Labute approximate surface area is 275 Å². The number of aromatic nitrogens is 4. The van der Waals surface area contributed by atoms with Gasteiger partial charge in [0.1, 0.15) is 22.5 Å². The first-order chi connectivity index (χ1) is 23.8. The Balaban J connectivity index is 1.10. The highest BCUT2D eigenvalue weighted by Gasteiger charge is 2.19. The molecule has 0 saturated carbocycles. The lowest BCUT2D eigenvalue weighted by Gasteiger charge is -2.12. The molecule has 0 amide bonds. The number of furan rings is 1. The summed E-state index contributed by atoms with van der Waals surface area (Å²) in [4.78, 5) is 15.0. The zero-order valence-electron chi connectivity index (χ0n) is 25.7. The van der Waals surface area contributed by atoms with Gasteiger partial charge < -0.3 is 4.42 Å². The van der Waals surface area contributed by atoms with E-state index in [2.05, 4.69) is 114 Å². The predicted molar refractivity (Wildman–Crippen MR) is 195 cm³/mol. The van der Waals surface area contributed by atoms with Crippen molar-refractivity contribution in [3.8, 4) is 39.5 Å². The summed E-state index contributed by atoms with van der Waals surface area (Å²) in [5.41, 5.74) is 11.8. The van der Waals surface area contributed by atoms with Crippen LogP contribution in [-0.4, -0.2) is 19.5 Å². The molecule has 0 bridgehead atoms. The highest BCUT2D eigenvalue weighted by atomic mass is 16.3. The SMILES string of the molecule is c1ccc(-n2c(-c3ccc(-c4cccc(-c5nc6cccnc6c6c5ccc5c7ccccc7oc56)c4)cc3)nc3ccccc32)cc1. The van der Waals surface area contributed by atoms with Crippen LogP contribution in [0.3, 0.4) is 0 Å². The molecule has 0 fully saturated rings. The van der Waals surface area contributed by atoms with Gasteiger partial charge >= 0.3 is 0 Å². The lowest BCUT2D eigenvalue weighted by atomic mass is 9.96. The van der Waals surface area contributed by atoms with Crippen LogP contribution in [0.1, 0.15) is 0 Å². The first-order valence-electron chi connectivity index (χ1n) is 16.0. The average Bonchev–Trinajstić information content (AvgIpc) is 3.74. The molecule has 10 aromatic rings. The van der Waals surface area contributed by atoms with E-state index >= 15 is 0 Å². The van der Waals surface area contributed by atoms with E-state index in [9.17, 15) is 0 Å². The van der Waals surface area contributed by atoms with Gasteiger partial charge in [0.15, 0.2) is 0 Å². The molecule has 10 rings (SSSR count). The van der Waals surface area contributed by atoms with E-state index in [0.29, 0.717) is 0 Å². The van der Waals surface area contributed by atoms with Crippen LogP contribution in [0.4, 0.5) is 0 Å². The van der Waals surface area contributed by atoms with Crippen molar-refractivity contribution >= 4 is 54.8 Å². The molecule has 48 heavy (non-hydrogen) atoms. The number of hydrogen-bond acceptors (Lipinski definition) is 4. The van der Waals surface area contributed by atoms with Crippen molar-refractivity contribution in [2.45, 2.75) is 0 Å². The second-order valence-corrected chi connectivity index (χ2v) is 12.0. The van der Waals surface area contributed by atoms with Gasteiger partial charge in [-0.2, -0.15) is 0 Å². The third-order valence-corrected chi connectivity index (χ3v) is 9.25. The van der Waals surface area contributed by atoms with Gasteiger partial charge in [0.05, 0.1) is 27.6 Å². The van der Waals surface area contributed by atoms with Crippen molar-refractivity contribution in [3.05, 3.63) is 158 Å². The maximum Gasteiger partial charge on any atom is 0.145 e. The Morgan fingerprint density at radius 2 is 1.25 bits per heavy atom. The van der Waals surface area contributed by atoms with Gasteiger partial charge in [0.25, 0.3) is 0 Å². The summed E-state index contributed by atoms with van der Waals surface area (Å²) in [6.45, 7) is 0. The molecule has 224 valence electrons. The molecule has 0 atom stereocenters. The number of imidazole rings is 1. The van der Waals surface area contributed by atoms with Gasteiger partial charge in [-0.15, -0.1) is 0 Å². The molecule has 5 heteroatoms. The van der Waals surface area contributed by atoms with Crippen molar-refractivity contribution in [2.75, 3.05) is 0 Å². The highest BCUT2D eigenvalue weighted by Crippen LogP contribution is 2.40. The molecule has 0 radical (unpaired) electrons. The number of rotatable bonds is 4. The minimum absolute atomic E-state index is 0.837. The van der Waals surface area contributed by atoms with Gasteiger partial charge in [0.2, 0.25) is 0 Å². The number of para-hydroxylation sites is 4. The molecule has 0 unspecified atom stereocenters. The van der Waals surface area contributed by atoms with E-state index in [1.165, 1.54) is 0 Å². The summed E-state index contributed by atoms with van der Waals surface area (Å²) in [5.74, 6) is 0.917. The second-order valence-electron chi connectivity index (χ2n) is 12.0. The zero-order chi connectivity index (χ0) is 31.6. The standard InChI is InChI=1S/C43H26N4O/c1-2-12-31(13-3-1)47-37-17-6-5-15-35(37)46-43(47)28-21-19-27(20-22-28)29-10-8-11-30(26-29)40-34-24-23-33-32-14-4-7-18-38(32)48-42(33)39(34)41-36(45-40)16-9-25-44-41/h1-26H. The highest BCUT2D eigenvalue weighted by molar-refractivity contribution is 6.23. The molecule has 4 aromatic heterocycles. The molecule has 0 spiro atoms. The molecule has 4 heterocycles. The van der Waals surface area contributed by atoms with Crippen molar-refractivity contribution in [3.63, 3.8) is 0 Å². The monoisotopic (exact) mass is 614 g/mol. The summed E-state index contributed by atoms with van der Waals surface area (Å²) in [6, 6.07) is 52.5. The molecule has 5 nitrogen and oxygen atoms in total. The van der Waals surface area contributed by atoms with Crippen LogP contribution >= 0.6 is 0 Å². The maximum atomic E-state index is 6.49. The smallest absolute Gasteiger partial charge is 0.145 e. The molecule has 0 N–H and O–H groups in total. The summed E-state index contributed by atoms with van der Waals surface area (Å²) >= 11 is 0. The number of fused-ring (bicyclic) bond motifs is 8. The maximum absolute atomic E-state index is 6.49. The third kappa shape index (κ3) is 4.08. The van der Waals surface area contributed by atoms with Gasteiger partial charge in [-0.3, -0.25) is 9.55 Å². The summed E-state index contributed by atoms with van der Waals surface area (Å²) < 4.78 is 8.72. The summed E-state index contributed by atoms with van der Waals surface area (Å²) in [5, 5.41) is 4.18. The fraction of sp³-hybridized carbons (Fsp3) is 0. The Morgan fingerprint density at radius 3 is 2.17 bits per heavy atom. The quantitative estimate of drug-likeness (QED) is 0.185. The fourth-order valence-corrected chi connectivity index (χ4v) is 7.02. The molecule has 0 saturated heterocycles. The summed E-state index contributed by atoms with van der Waals surface area (Å²) in [7, 11) is 0. The Morgan fingerprint density at radius 1 is 0.500 bits per heavy atom.